The summed E-state index contributed by atoms with van der Waals surface area (Å²) >= 11 is 0. The monoisotopic (exact) mass is 310 g/mol. The third-order valence-electron chi connectivity index (χ3n) is 3.90. The number of aryl methyl sites for hydroxylation is 1. The maximum Gasteiger partial charge on any atom is 0.336 e. The second kappa shape index (κ2) is 6.08. The molecular formula is C17H18N4O2. The number of benzene rings is 1. The van der Waals surface area contributed by atoms with Crippen molar-refractivity contribution < 1.29 is 9.90 Å². The van der Waals surface area contributed by atoms with Gasteiger partial charge in [0.2, 0.25) is 0 Å². The molecule has 0 spiro atoms. The average molecular weight is 310 g/mol. The first-order valence-corrected chi connectivity index (χ1v) is 7.47. The summed E-state index contributed by atoms with van der Waals surface area (Å²) in [7, 11) is 0. The molecule has 0 aliphatic rings. The van der Waals surface area contributed by atoms with Gasteiger partial charge < -0.3 is 5.11 Å². The lowest BCUT2D eigenvalue weighted by Gasteiger charge is -2.06. The van der Waals surface area contributed by atoms with Gasteiger partial charge in [0, 0.05) is 24.0 Å². The van der Waals surface area contributed by atoms with Crippen molar-refractivity contribution in [2.75, 3.05) is 0 Å². The average Bonchev–Trinajstić information content (AvgIpc) is 3.14. The van der Waals surface area contributed by atoms with Crippen LogP contribution in [0.2, 0.25) is 0 Å². The molecule has 23 heavy (non-hydrogen) atoms. The Morgan fingerprint density at radius 3 is 2.74 bits per heavy atom. The second-order valence-electron chi connectivity index (χ2n) is 5.32. The SMILES string of the molecule is CCn1ncc(-c2ccn(Cc3ccccc3C(=O)O)n2)c1C. The minimum atomic E-state index is -0.923. The molecule has 1 aromatic carbocycles. The number of aromatic nitrogens is 4. The number of hydrogen-bond acceptors (Lipinski definition) is 3. The van der Waals surface area contributed by atoms with Crippen molar-refractivity contribution in [3.8, 4) is 11.3 Å². The van der Waals surface area contributed by atoms with E-state index in [4.69, 9.17) is 0 Å². The fourth-order valence-electron chi connectivity index (χ4n) is 2.65. The lowest BCUT2D eigenvalue weighted by Crippen LogP contribution is -2.07. The molecule has 0 fully saturated rings. The van der Waals surface area contributed by atoms with E-state index in [0.29, 0.717) is 12.1 Å². The fraction of sp³-hybridized carbons (Fsp3) is 0.235. The molecule has 0 atom stereocenters. The Balaban J connectivity index is 1.88. The highest BCUT2D eigenvalue weighted by molar-refractivity contribution is 5.89. The topological polar surface area (TPSA) is 72.9 Å². The lowest BCUT2D eigenvalue weighted by molar-refractivity contribution is 0.0695. The summed E-state index contributed by atoms with van der Waals surface area (Å²) in [5, 5.41) is 18.1. The highest BCUT2D eigenvalue weighted by Crippen LogP contribution is 2.21. The summed E-state index contributed by atoms with van der Waals surface area (Å²) in [5.74, 6) is -0.923. The van der Waals surface area contributed by atoms with Crippen molar-refractivity contribution in [3.63, 3.8) is 0 Å². The standard InChI is InChI=1S/C17H18N4O2/c1-3-21-12(2)15(10-18-21)16-8-9-20(19-16)11-13-6-4-5-7-14(13)17(22)23/h4-10H,3,11H2,1-2H3,(H,22,23). The van der Waals surface area contributed by atoms with Gasteiger partial charge in [-0.2, -0.15) is 10.2 Å². The number of carbonyl (C=O) groups is 1. The van der Waals surface area contributed by atoms with Gasteiger partial charge >= 0.3 is 5.97 Å². The summed E-state index contributed by atoms with van der Waals surface area (Å²) in [6.07, 6.45) is 3.67. The molecule has 0 aliphatic carbocycles. The first-order chi connectivity index (χ1) is 11.1. The van der Waals surface area contributed by atoms with E-state index >= 15 is 0 Å². The molecule has 2 aromatic heterocycles. The molecule has 6 nitrogen and oxygen atoms in total. The molecule has 1 N–H and O–H groups in total. The first-order valence-electron chi connectivity index (χ1n) is 7.47. The second-order valence-corrected chi connectivity index (χ2v) is 5.32. The van der Waals surface area contributed by atoms with Crippen LogP contribution in [0.1, 0.15) is 28.5 Å². The molecule has 0 bridgehead atoms. The molecule has 0 amide bonds. The predicted molar refractivity (Wildman–Crippen MR) is 86.4 cm³/mol. The largest absolute Gasteiger partial charge is 0.478 e. The summed E-state index contributed by atoms with van der Waals surface area (Å²) in [6.45, 7) is 5.30. The van der Waals surface area contributed by atoms with Crippen LogP contribution in [0.4, 0.5) is 0 Å². The van der Waals surface area contributed by atoms with Gasteiger partial charge in [0.1, 0.15) is 0 Å². The van der Waals surface area contributed by atoms with Crippen molar-refractivity contribution in [2.45, 2.75) is 26.9 Å². The number of aromatic carboxylic acids is 1. The maximum absolute atomic E-state index is 11.3. The Kier molecular flexibility index (Phi) is 3.97. The maximum atomic E-state index is 11.3. The Morgan fingerprint density at radius 1 is 1.26 bits per heavy atom. The summed E-state index contributed by atoms with van der Waals surface area (Å²) in [4.78, 5) is 11.3. The van der Waals surface area contributed by atoms with E-state index in [-0.39, 0.29) is 0 Å². The van der Waals surface area contributed by atoms with Crippen LogP contribution in [-0.2, 0) is 13.1 Å². The Morgan fingerprint density at radius 2 is 2.04 bits per heavy atom. The van der Waals surface area contributed by atoms with Gasteiger partial charge in [-0.25, -0.2) is 4.79 Å². The minimum Gasteiger partial charge on any atom is -0.478 e. The first kappa shape index (κ1) is 15.0. The van der Waals surface area contributed by atoms with E-state index in [2.05, 4.69) is 10.2 Å². The molecular weight excluding hydrogens is 292 g/mol. The van der Waals surface area contributed by atoms with Crippen LogP contribution in [0.3, 0.4) is 0 Å². The van der Waals surface area contributed by atoms with Gasteiger partial charge in [0.15, 0.2) is 0 Å². The van der Waals surface area contributed by atoms with Gasteiger partial charge in [0.05, 0.1) is 24.0 Å². The zero-order valence-electron chi connectivity index (χ0n) is 13.1. The van der Waals surface area contributed by atoms with Crippen LogP contribution in [-0.4, -0.2) is 30.6 Å². The Bertz CT molecular complexity index is 848. The van der Waals surface area contributed by atoms with Crippen LogP contribution in [0.5, 0.6) is 0 Å². The summed E-state index contributed by atoms with van der Waals surface area (Å²) in [6, 6.07) is 8.90. The quantitative estimate of drug-likeness (QED) is 0.786. The molecule has 3 rings (SSSR count). The van der Waals surface area contributed by atoms with Crippen molar-refractivity contribution in [2.24, 2.45) is 0 Å². The molecule has 0 radical (unpaired) electrons. The minimum absolute atomic E-state index is 0.305. The number of carboxylic acid groups (broad SMARTS) is 1. The molecule has 0 saturated heterocycles. The number of carboxylic acids is 1. The van der Waals surface area contributed by atoms with Crippen LogP contribution in [0.15, 0.2) is 42.7 Å². The predicted octanol–water partition coefficient (Wildman–Crippen LogP) is 2.82. The Hall–Kier alpha value is -2.89. The smallest absolute Gasteiger partial charge is 0.336 e. The van der Waals surface area contributed by atoms with Crippen molar-refractivity contribution in [3.05, 3.63) is 59.5 Å². The molecule has 6 heteroatoms. The third-order valence-corrected chi connectivity index (χ3v) is 3.90. The number of rotatable bonds is 5. The fourth-order valence-corrected chi connectivity index (χ4v) is 2.65. The van der Waals surface area contributed by atoms with Gasteiger partial charge in [0.25, 0.3) is 0 Å². The molecule has 118 valence electrons. The molecule has 0 unspecified atom stereocenters. The van der Waals surface area contributed by atoms with Gasteiger partial charge in [-0.3, -0.25) is 9.36 Å². The highest BCUT2D eigenvalue weighted by atomic mass is 16.4. The normalized spacial score (nSPS) is 10.9. The molecule has 0 saturated carbocycles. The number of nitrogens with zero attached hydrogens (tertiary/aromatic N) is 4. The molecule has 3 aromatic rings. The van der Waals surface area contributed by atoms with Gasteiger partial charge in [-0.1, -0.05) is 18.2 Å². The zero-order valence-corrected chi connectivity index (χ0v) is 13.1. The molecule has 0 aliphatic heterocycles. The van der Waals surface area contributed by atoms with Crippen molar-refractivity contribution in [1.29, 1.82) is 0 Å². The highest BCUT2D eigenvalue weighted by Gasteiger charge is 2.13. The van der Waals surface area contributed by atoms with Crippen LogP contribution in [0.25, 0.3) is 11.3 Å². The van der Waals surface area contributed by atoms with E-state index in [1.807, 2.05) is 49.1 Å². The van der Waals surface area contributed by atoms with E-state index in [0.717, 1.165) is 29.1 Å². The lowest BCUT2D eigenvalue weighted by atomic mass is 10.1. The van der Waals surface area contributed by atoms with Crippen molar-refractivity contribution in [1.82, 2.24) is 19.6 Å². The molecule has 2 heterocycles. The van der Waals surface area contributed by atoms with E-state index in [9.17, 15) is 9.90 Å². The van der Waals surface area contributed by atoms with E-state index in [1.54, 1.807) is 16.8 Å². The van der Waals surface area contributed by atoms with Gasteiger partial charge in [-0.05, 0) is 31.5 Å². The van der Waals surface area contributed by atoms with Crippen LogP contribution in [0, 0.1) is 6.92 Å². The summed E-state index contributed by atoms with van der Waals surface area (Å²) < 4.78 is 3.67. The number of hydrogen-bond donors (Lipinski definition) is 1. The van der Waals surface area contributed by atoms with Crippen molar-refractivity contribution >= 4 is 5.97 Å². The zero-order chi connectivity index (χ0) is 16.4. The van der Waals surface area contributed by atoms with Gasteiger partial charge in [-0.15, -0.1) is 0 Å². The van der Waals surface area contributed by atoms with Crippen LogP contribution < -0.4 is 0 Å². The van der Waals surface area contributed by atoms with E-state index in [1.165, 1.54) is 0 Å². The van der Waals surface area contributed by atoms with Crippen LogP contribution >= 0.6 is 0 Å². The Labute approximate surface area is 134 Å². The summed E-state index contributed by atoms with van der Waals surface area (Å²) in [5.41, 5.74) is 3.95. The third kappa shape index (κ3) is 2.88. The van der Waals surface area contributed by atoms with E-state index < -0.39 is 5.97 Å².